The van der Waals surface area contributed by atoms with Crippen LogP contribution in [-0.2, 0) is 0 Å². The van der Waals surface area contributed by atoms with Crippen LogP contribution in [0.3, 0.4) is 0 Å². The fourth-order valence-corrected chi connectivity index (χ4v) is 1.70. The van der Waals surface area contributed by atoms with Crippen molar-refractivity contribution < 1.29 is 5.11 Å². The van der Waals surface area contributed by atoms with Crippen LogP contribution in [-0.4, -0.2) is 42.4 Å². The summed E-state index contributed by atoms with van der Waals surface area (Å²) < 4.78 is 0. The molecule has 1 aromatic heterocycles. The number of aliphatic hydroxyl groups excluding tert-OH is 1. The molecule has 0 aromatic carbocycles. The van der Waals surface area contributed by atoms with Crippen LogP contribution < -0.4 is 10.2 Å². The number of aliphatic hydroxyl groups is 1. The van der Waals surface area contributed by atoms with Crippen molar-refractivity contribution in [1.29, 1.82) is 0 Å². The van der Waals surface area contributed by atoms with Crippen molar-refractivity contribution in [2.45, 2.75) is 6.04 Å². The van der Waals surface area contributed by atoms with Gasteiger partial charge in [-0.25, -0.2) is 4.98 Å². The average molecular weight is 193 g/mol. The van der Waals surface area contributed by atoms with E-state index in [1.54, 1.807) is 6.20 Å². The molecule has 2 heterocycles. The summed E-state index contributed by atoms with van der Waals surface area (Å²) in [6.45, 7) is 2.87. The molecule has 0 radical (unpaired) electrons. The fourth-order valence-electron chi connectivity index (χ4n) is 1.70. The number of rotatable bonds is 2. The molecule has 0 bridgehead atoms. The van der Waals surface area contributed by atoms with Crippen molar-refractivity contribution in [3.63, 3.8) is 0 Å². The summed E-state index contributed by atoms with van der Waals surface area (Å²) in [4.78, 5) is 6.48. The van der Waals surface area contributed by atoms with Crippen LogP contribution in [0.25, 0.3) is 0 Å². The molecule has 0 saturated carbocycles. The predicted molar refractivity (Wildman–Crippen MR) is 55.3 cm³/mol. The van der Waals surface area contributed by atoms with Crippen molar-refractivity contribution in [1.82, 2.24) is 10.3 Å². The van der Waals surface area contributed by atoms with Crippen molar-refractivity contribution in [2.24, 2.45) is 0 Å². The molecule has 1 aromatic rings. The normalized spacial score (nSPS) is 22.4. The molecular formula is C10H15N3O. The van der Waals surface area contributed by atoms with E-state index >= 15 is 0 Å². The minimum Gasteiger partial charge on any atom is -0.395 e. The van der Waals surface area contributed by atoms with Gasteiger partial charge in [0.1, 0.15) is 5.82 Å². The quantitative estimate of drug-likeness (QED) is 0.686. The van der Waals surface area contributed by atoms with Gasteiger partial charge in [0.2, 0.25) is 0 Å². The Kier molecular flexibility index (Phi) is 2.96. The molecule has 0 amide bonds. The minimum atomic E-state index is 0.172. The Morgan fingerprint density at radius 3 is 3.21 bits per heavy atom. The summed E-state index contributed by atoms with van der Waals surface area (Å²) in [5.74, 6) is 0.993. The number of piperazine rings is 1. The van der Waals surface area contributed by atoms with Gasteiger partial charge in [-0.15, -0.1) is 0 Å². The minimum absolute atomic E-state index is 0.172. The molecule has 2 N–H and O–H groups in total. The molecule has 0 aliphatic carbocycles. The summed E-state index contributed by atoms with van der Waals surface area (Å²) in [6.07, 6.45) is 1.80. The lowest BCUT2D eigenvalue weighted by atomic mass is 10.2. The number of hydrogen-bond donors (Lipinski definition) is 2. The lowest BCUT2D eigenvalue weighted by Crippen LogP contribution is -2.52. The lowest BCUT2D eigenvalue weighted by Gasteiger charge is -2.33. The molecule has 1 saturated heterocycles. The van der Waals surface area contributed by atoms with Gasteiger partial charge in [-0.3, -0.25) is 0 Å². The molecule has 2 rings (SSSR count). The predicted octanol–water partition coefficient (Wildman–Crippen LogP) is -0.148. The van der Waals surface area contributed by atoms with Crippen molar-refractivity contribution in [2.75, 3.05) is 31.1 Å². The molecule has 1 atom stereocenters. The second kappa shape index (κ2) is 4.39. The van der Waals surface area contributed by atoms with Crippen molar-refractivity contribution in [3.05, 3.63) is 24.4 Å². The third-order valence-electron chi connectivity index (χ3n) is 2.45. The third kappa shape index (κ3) is 2.02. The van der Waals surface area contributed by atoms with Crippen LogP contribution in [0.1, 0.15) is 0 Å². The standard InChI is InChI=1S/C10H15N3O/c14-8-9-7-13(6-5-11-9)10-3-1-2-4-12-10/h1-4,9,11,14H,5-8H2. The second-order valence-electron chi connectivity index (χ2n) is 3.47. The van der Waals surface area contributed by atoms with Gasteiger partial charge in [0.05, 0.1) is 6.61 Å². The first-order valence-corrected chi connectivity index (χ1v) is 4.90. The van der Waals surface area contributed by atoms with Crippen molar-refractivity contribution >= 4 is 5.82 Å². The Labute approximate surface area is 83.6 Å². The summed E-state index contributed by atoms with van der Waals surface area (Å²) >= 11 is 0. The summed E-state index contributed by atoms with van der Waals surface area (Å²) in [6, 6.07) is 6.07. The molecule has 4 nitrogen and oxygen atoms in total. The molecule has 1 aliphatic rings. The Morgan fingerprint density at radius 2 is 2.50 bits per heavy atom. The highest BCUT2D eigenvalue weighted by molar-refractivity contribution is 5.38. The van der Waals surface area contributed by atoms with Crippen LogP contribution in [0.5, 0.6) is 0 Å². The number of nitrogens with zero attached hydrogens (tertiary/aromatic N) is 2. The Morgan fingerprint density at radius 1 is 1.57 bits per heavy atom. The van der Waals surface area contributed by atoms with Gasteiger partial charge in [0.15, 0.2) is 0 Å². The lowest BCUT2D eigenvalue weighted by molar-refractivity contribution is 0.235. The van der Waals surface area contributed by atoms with Crippen LogP contribution >= 0.6 is 0 Å². The fraction of sp³-hybridized carbons (Fsp3) is 0.500. The van der Waals surface area contributed by atoms with E-state index in [1.165, 1.54) is 0 Å². The largest absolute Gasteiger partial charge is 0.395 e. The molecule has 0 spiro atoms. The van der Waals surface area contributed by atoms with E-state index in [9.17, 15) is 0 Å². The monoisotopic (exact) mass is 193 g/mol. The zero-order valence-corrected chi connectivity index (χ0v) is 8.06. The van der Waals surface area contributed by atoms with E-state index in [4.69, 9.17) is 5.11 Å². The van der Waals surface area contributed by atoms with Crippen LogP contribution in [0.15, 0.2) is 24.4 Å². The van der Waals surface area contributed by atoms with E-state index in [-0.39, 0.29) is 12.6 Å². The van der Waals surface area contributed by atoms with Crippen LogP contribution in [0, 0.1) is 0 Å². The highest BCUT2D eigenvalue weighted by Gasteiger charge is 2.18. The summed E-state index contributed by atoms with van der Waals surface area (Å²) in [5.41, 5.74) is 0. The zero-order chi connectivity index (χ0) is 9.80. The first-order chi connectivity index (χ1) is 6.90. The Hall–Kier alpha value is -1.13. The Balaban J connectivity index is 2.04. The smallest absolute Gasteiger partial charge is 0.128 e. The Bertz CT molecular complexity index is 278. The number of hydrogen-bond acceptors (Lipinski definition) is 4. The van der Waals surface area contributed by atoms with E-state index < -0.39 is 0 Å². The van der Waals surface area contributed by atoms with E-state index in [0.717, 1.165) is 25.5 Å². The maximum Gasteiger partial charge on any atom is 0.128 e. The number of nitrogens with one attached hydrogen (secondary N) is 1. The molecule has 1 aliphatic heterocycles. The first-order valence-electron chi connectivity index (χ1n) is 4.90. The highest BCUT2D eigenvalue weighted by Crippen LogP contribution is 2.11. The molecule has 4 heteroatoms. The molecule has 14 heavy (non-hydrogen) atoms. The summed E-state index contributed by atoms with van der Waals surface area (Å²) in [5, 5.41) is 12.3. The molecule has 1 fully saturated rings. The molecule has 76 valence electrons. The first kappa shape index (κ1) is 9.43. The van der Waals surface area contributed by atoms with Crippen molar-refractivity contribution in [3.8, 4) is 0 Å². The van der Waals surface area contributed by atoms with Crippen LogP contribution in [0.2, 0.25) is 0 Å². The van der Waals surface area contributed by atoms with E-state index in [0.29, 0.717) is 0 Å². The average Bonchev–Trinajstić information content (AvgIpc) is 2.30. The number of pyridine rings is 1. The van der Waals surface area contributed by atoms with Gasteiger partial charge < -0.3 is 15.3 Å². The SMILES string of the molecule is OCC1CN(c2ccccn2)CCN1. The zero-order valence-electron chi connectivity index (χ0n) is 8.06. The summed E-state index contributed by atoms with van der Waals surface area (Å²) in [7, 11) is 0. The van der Waals surface area contributed by atoms with Gasteiger partial charge in [0, 0.05) is 31.9 Å². The van der Waals surface area contributed by atoms with E-state index in [1.807, 2.05) is 18.2 Å². The van der Waals surface area contributed by atoms with Gasteiger partial charge in [-0.1, -0.05) is 6.07 Å². The van der Waals surface area contributed by atoms with E-state index in [2.05, 4.69) is 15.2 Å². The maximum absolute atomic E-state index is 9.05. The third-order valence-corrected chi connectivity index (χ3v) is 2.45. The number of aromatic nitrogens is 1. The van der Waals surface area contributed by atoms with Gasteiger partial charge in [0.25, 0.3) is 0 Å². The van der Waals surface area contributed by atoms with Crippen LogP contribution in [0.4, 0.5) is 5.82 Å². The molecule has 1 unspecified atom stereocenters. The van der Waals surface area contributed by atoms with Gasteiger partial charge >= 0.3 is 0 Å². The molecular weight excluding hydrogens is 178 g/mol. The van der Waals surface area contributed by atoms with Gasteiger partial charge in [-0.05, 0) is 12.1 Å². The highest BCUT2D eigenvalue weighted by atomic mass is 16.3. The topological polar surface area (TPSA) is 48.4 Å². The maximum atomic E-state index is 9.05. The second-order valence-corrected chi connectivity index (χ2v) is 3.47. The van der Waals surface area contributed by atoms with Gasteiger partial charge in [-0.2, -0.15) is 0 Å². The number of anilines is 1.